The van der Waals surface area contributed by atoms with Crippen molar-refractivity contribution >= 4 is 5.78 Å². The molecule has 0 saturated heterocycles. The van der Waals surface area contributed by atoms with Gasteiger partial charge in [0.25, 0.3) is 0 Å². The minimum Gasteiger partial charge on any atom is -0.489 e. The Bertz CT molecular complexity index is 5160. The molecule has 0 aliphatic heterocycles. The maximum absolute atomic E-state index is 14.3. The molecular formula is C111H94O15. The second-order valence-electron chi connectivity index (χ2n) is 30.2. The maximum atomic E-state index is 14.3. The molecule has 16 aromatic rings. The van der Waals surface area contributed by atoms with Gasteiger partial charge in [0.15, 0.2) is 5.78 Å². The average Bonchev–Trinajstić information content (AvgIpc) is 0.839. The van der Waals surface area contributed by atoms with E-state index in [1.165, 1.54) is 0 Å². The highest BCUT2D eigenvalue weighted by atomic mass is 16.5. The molecule has 0 aliphatic carbocycles. The van der Waals surface area contributed by atoms with Crippen LogP contribution < -0.4 is 66.3 Å². The van der Waals surface area contributed by atoms with E-state index >= 15 is 0 Å². The number of carbonyl (C=O) groups excluding carboxylic acids is 1. The van der Waals surface area contributed by atoms with Crippen molar-refractivity contribution in [1.82, 2.24) is 0 Å². The number of hydrogen-bond donors (Lipinski definition) is 0. The number of rotatable bonds is 44. The zero-order valence-corrected chi connectivity index (χ0v) is 69.6. The number of benzene rings is 16. The molecule has 0 fully saturated rings. The summed E-state index contributed by atoms with van der Waals surface area (Å²) in [4.78, 5) is 14.3. The molecule has 0 aliphatic rings. The molecule has 0 radical (unpaired) electrons. The van der Waals surface area contributed by atoms with Gasteiger partial charge in [-0.05, 0) is 199 Å². The predicted octanol–water partition coefficient (Wildman–Crippen LogP) is 25.0. The van der Waals surface area contributed by atoms with Crippen LogP contribution in [0.1, 0.15) is 93.8 Å². The molecule has 0 heterocycles. The van der Waals surface area contributed by atoms with Gasteiger partial charge in [0.2, 0.25) is 0 Å². The Hall–Kier alpha value is -15.6. The van der Waals surface area contributed by atoms with Crippen LogP contribution in [0.5, 0.6) is 80.5 Å². The molecule has 0 unspecified atom stereocenters. The molecule has 0 spiro atoms. The van der Waals surface area contributed by atoms with Gasteiger partial charge in [-0.15, -0.1) is 0 Å². The summed E-state index contributed by atoms with van der Waals surface area (Å²) >= 11 is 0. The van der Waals surface area contributed by atoms with Gasteiger partial charge in [-0.1, -0.05) is 243 Å². The van der Waals surface area contributed by atoms with E-state index in [-0.39, 0.29) is 45.4 Å². The Kier molecular flexibility index (Phi) is 29.2. The molecule has 15 heteroatoms. The van der Waals surface area contributed by atoms with E-state index in [9.17, 15) is 4.79 Å². The molecule has 0 aromatic heterocycles. The van der Waals surface area contributed by atoms with E-state index in [2.05, 4.69) is 0 Å². The van der Waals surface area contributed by atoms with E-state index in [4.69, 9.17) is 66.3 Å². The van der Waals surface area contributed by atoms with Crippen LogP contribution in [0.15, 0.2) is 400 Å². The molecule has 0 atom stereocenters. The Morgan fingerprint density at radius 1 is 0.127 bits per heavy atom. The fourth-order valence-corrected chi connectivity index (χ4v) is 13.8. The average molecular weight is 1670 g/mol. The summed E-state index contributed by atoms with van der Waals surface area (Å²) in [6, 6.07) is 129. The first-order valence-corrected chi connectivity index (χ1v) is 41.9. The predicted molar refractivity (Wildman–Crippen MR) is 487 cm³/mol. The number of carbonyl (C=O) groups is 1. The molecule has 0 amide bonds. The first-order chi connectivity index (χ1) is 62.2. The summed E-state index contributed by atoms with van der Waals surface area (Å²) in [7, 11) is 0. The lowest BCUT2D eigenvalue weighted by Gasteiger charge is -2.16. The van der Waals surface area contributed by atoms with Gasteiger partial charge in [-0.3, -0.25) is 4.79 Å². The molecule has 15 nitrogen and oxygen atoms in total. The molecule has 126 heavy (non-hydrogen) atoms. The minimum absolute atomic E-state index is 0.133. The Labute approximate surface area is 735 Å². The van der Waals surface area contributed by atoms with Gasteiger partial charge in [0.05, 0.1) is 0 Å². The third-order valence-corrected chi connectivity index (χ3v) is 20.3. The van der Waals surface area contributed by atoms with Crippen molar-refractivity contribution in [3.05, 3.63) is 489 Å². The highest BCUT2D eigenvalue weighted by Gasteiger charge is 2.18. The first kappa shape index (κ1) is 84.0. The second-order valence-corrected chi connectivity index (χ2v) is 30.2. The maximum Gasteiger partial charge on any atom is 0.193 e. The Morgan fingerprint density at radius 3 is 0.381 bits per heavy atom. The zero-order valence-electron chi connectivity index (χ0n) is 69.6. The molecule has 0 saturated carbocycles. The molecule has 0 bridgehead atoms. The summed E-state index contributed by atoms with van der Waals surface area (Å²) in [5.74, 6) is 8.18. The highest BCUT2D eigenvalue weighted by Crippen LogP contribution is 2.35. The molecule has 628 valence electrons. The van der Waals surface area contributed by atoms with Gasteiger partial charge >= 0.3 is 0 Å². The summed E-state index contributed by atoms with van der Waals surface area (Å²) in [5, 5.41) is 0. The van der Waals surface area contributed by atoms with Gasteiger partial charge < -0.3 is 66.3 Å². The van der Waals surface area contributed by atoms with Crippen molar-refractivity contribution in [1.29, 1.82) is 0 Å². The van der Waals surface area contributed by atoms with Crippen LogP contribution in [-0.4, -0.2) is 5.78 Å². The number of ether oxygens (including phenoxy) is 14. The van der Waals surface area contributed by atoms with Crippen molar-refractivity contribution in [2.75, 3.05) is 0 Å². The molecule has 0 N–H and O–H groups in total. The topological polar surface area (TPSA) is 146 Å². The smallest absolute Gasteiger partial charge is 0.193 e. The van der Waals surface area contributed by atoms with Gasteiger partial charge in [-0.25, -0.2) is 0 Å². The second kappa shape index (κ2) is 43.8. The lowest BCUT2D eigenvalue weighted by molar-refractivity contribution is 0.103. The van der Waals surface area contributed by atoms with Crippen molar-refractivity contribution in [3.8, 4) is 80.5 Å². The van der Waals surface area contributed by atoms with Crippen LogP contribution >= 0.6 is 0 Å². The monoisotopic (exact) mass is 1670 g/mol. The van der Waals surface area contributed by atoms with Crippen molar-refractivity contribution in [2.24, 2.45) is 0 Å². The van der Waals surface area contributed by atoms with Gasteiger partial charge in [0, 0.05) is 47.5 Å². The van der Waals surface area contributed by atoms with Crippen LogP contribution in [0.4, 0.5) is 0 Å². The first-order valence-electron chi connectivity index (χ1n) is 41.9. The quantitative estimate of drug-likeness (QED) is 0.0334. The highest BCUT2D eigenvalue weighted by molar-refractivity contribution is 6.09. The van der Waals surface area contributed by atoms with Crippen LogP contribution in [0.3, 0.4) is 0 Å². The van der Waals surface area contributed by atoms with Crippen LogP contribution in [-0.2, 0) is 92.5 Å². The zero-order chi connectivity index (χ0) is 85.4. The van der Waals surface area contributed by atoms with Gasteiger partial charge in [-0.2, -0.15) is 0 Å². The number of ketones is 1. The van der Waals surface area contributed by atoms with Crippen LogP contribution in [0, 0.1) is 0 Å². The molecule has 16 aromatic carbocycles. The SMILES string of the molecule is O=C(c1ccc(OCc2cc(OCc3cc(OCc4ccccc4)cc(OCc4ccccc4)c3)cc(OCc3cc(OCc4ccccc4)cc(OCc4ccccc4)c3)c2)cc1)c1ccc(OCc2cc(OCc3cc(OCc4ccccc4)cc(OCc4ccccc4)c3)cc(OCc3cc(OCc4ccccc4)cc(OCc4ccccc4)c3)c2)cc1. The van der Waals surface area contributed by atoms with E-state index in [0.29, 0.717) is 144 Å². The largest absolute Gasteiger partial charge is 0.489 e. The van der Waals surface area contributed by atoms with Crippen molar-refractivity contribution in [2.45, 2.75) is 92.5 Å². The third-order valence-electron chi connectivity index (χ3n) is 20.3. The minimum atomic E-state index is -0.177. The van der Waals surface area contributed by atoms with Crippen molar-refractivity contribution in [3.63, 3.8) is 0 Å². The van der Waals surface area contributed by atoms with E-state index in [1.807, 2.05) is 352 Å². The molecular weight excluding hydrogens is 1570 g/mol. The summed E-state index contributed by atoms with van der Waals surface area (Å²) in [6.07, 6.45) is 0. The van der Waals surface area contributed by atoms with E-state index in [1.54, 1.807) is 48.5 Å². The van der Waals surface area contributed by atoms with E-state index < -0.39 is 0 Å². The standard InChI is InChI=1S/C111H94O15/c112-111(95-41-45-97(46-42-95)113-75-89-49-107(123-77-91-53-99(115-67-81-25-9-1-10-26-81)61-100(54-91)116-68-82-27-11-2-12-28-82)65-108(50-89)124-78-92-55-101(117-69-83-29-13-3-14-30-83)62-102(56-92)118-70-84-31-15-4-16-32-84)96-43-47-98(48-44-96)114-76-90-51-109(125-79-93-57-103(119-71-85-33-17-5-18-34-85)63-104(58-93)120-72-86-35-19-6-20-36-86)66-110(52-90)126-80-94-59-105(121-73-87-37-21-7-22-38-87)64-106(60-94)122-74-88-39-23-8-24-40-88/h1-66H,67-80H2. The van der Waals surface area contributed by atoms with Crippen LogP contribution in [0.25, 0.3) is 0 Å². The lowest BCUT2D eigenvalue weighted by atomic mass is 10.0. The fraction of sp³-hybridized carbons (Fsp3) is 0.126. The van der Waals surface area contributed by atoms with Crippen LogP contribution in [0.2, 0.25) is 0 Å². The van der Waals surface area contributed by atoms with E-state index in [0.717, 1.165) is 77.9 Å². The summed E-state index contributed by atoms with van der Waals surface area (Å²) in [6.45, 7) is 3.91. The Balaban J connectivity index is 0.611. The third kappa shape index (κ3) is 26.2. The lowest BCUT2D eigenvalue weighted by Crippen LogP contribution is -2.04. The molecule has 16 rings (SSSR count). The summed E-state index contributed by atoms with van der Waals surface area (Å²) < 4.78 is 90.8. The Morgan fingerprint density at radius 2 is 0.246 bits per heavy atom. The summed E-state index contributed by atoms with van der Waals surface area (Å²) in [5.41, 5.74) is 14.1. The van der Waals surface area contributed by atoms with Crippen molar-refractivity contribution < 1.29 is 71.1 Å². The normalized spacial score (nSPS) is 10.9. The van der Waals surface area contributed by atoms with Gasteiger partial charge in [0.1, 0.15) is 173 Å². The number of hydrogen-bond acceptors (Lipinski definition) is 15. The fourth-order valence-electron chi connectivity index (χ4n) is 13.8.